The number of hydrogen-bond donors (Lipinski definition) is 4. The molecule has 0 aliphatic carbocycles. The number of carbonyl (C=O) groups is 2. The predicted molar refractivity (Wildman–Crippen MR) is 88.3 cm³/mol. The van der Waals surface area contributed by atoms with Gasteiger partial charge in [0.2, 0.25) is 5.91 Å². The van der Waals surface area contributed by atoms with E-state index in [2.05, 4.69) is 5.32 Å². The van der Waals surface area contributed by atoms with Gasteiger partial charge in [-0.1, -0.05) is 37.3 Å². The van der Waals surface area contributed by atoms with Crippen molar-refractivity contribution in [3.05, 3.63) is 35.9 Å². The molecular weight excluding hydrogens is 349 g/mol. The van der Waals surface area contributed by atoms with Crippen molar-refractivity contribution in [1.29, 1.82) is 0 Å². The van der Waals surface area contributed by atoms with Crippen LogP contribution in [-0.4, -0.2) is 77.2 Å². The minimum absolute atomic E-state index is 0. The molecule has 7 nitrogen and oxygen atoms in total. The minimum atomic E-state index is -4.36. The Morgan fingerprint density at radius 1 is 1.26 bits per heavy atom. The summed E-state index contributed by atoms with van der Waals surface area (Å²) in [6, 6.07) is 8.87. The normalized spacial score (nSPS) is 13.5. The molecule has 0 saturated carbocycles. The summed E-state index contributed by atoms with van der Waals surface area (Å²) in [4.78, 5) is 41.1. The Bertz CT molecular complexity index is 572. The van der Waals surface area contributed by atoms with Crippen molar-refractivity contribution in [1.82, 2.24) is 5.32 Å². The number of hydrogen-bond acceptors (Lipinski definition) is 3. The zero-order valence-electron chi connectivity index (χ0n) is 14.9. The van der Waals surface area contributed by atoms with Gasteiger partial charge in [-0.2, -0.15) is 0 Å². The second-order valence-corrected chi connectivity index (χ2v) is 6.91. The minimum Gasteiger partial charge on any atom is -1.00 e. The molecule has 0 bridgehead atoms. The van der Waals surface area contributed by atoms with E-state index in [1.165, 1.54) is 6.92 Å². The number of amides is 1. The molecule has 23 heavy (non-hydrogen) atoms. The van der Waals surface area contributed by atoms with Crippen LogP contribution in [0.2, 0.25) is 0 Å². The maximum atomic E-state index is 12.1. The van der Waals surface area contributed by atoms with E-state index in [1.807, 2.05) is 0 Å². The molecule has 0 heterocycles. The number of rotatable bonds is 8. The topological polar surface area (TPSA) is 124 Å². The SMILES string of the molecule is CC(CNC(=O)[C@H](Cc1ccccc1)CP(=O)(O)O)C(=O)O.[Ca+2].[H-].[H-]. The van der Waals surface area contributed by atoms with Gasteiger partial charge >= 0.3 is 51.3 Å². The second-order valence-electron chi connectivity index (χ2n) is 5.22. The van der Waals surface area contributed by atoms with Crippen LogP contribution >= 0.6 is 7.60 Å². The fourth-order valence-corrected chi connectivity index (χ4v) is 2.78. The first kappa shape index (κ1) is 22.6. The first-order valence-corrected chi connectivity index (χ1v) is 8.58. The van der Waals surface area contributed by atoms with Gasteiger partial charge in [-0.25, -0.2) is 0 Å². The maximum absolute atomic E-state index is 12.1. The maximum Gasteiger partial charge on any atom is 2.00 e. The van der Waals surface area contributed by atoms with Gasteiger partial charge in [0.05, 0.1) is 18.0 Å². The molecule has 1 rings (SSSR count). The standard InChI is InChI=1S/C14H20NO6P.Ca.2H/c1-10(14(17)18)8-15-13(16)12(9-22(19,20)21)7-11-5-3-2-4-6-11;;;/h2-6,10,12H,7-9H2,1H3,(H,15,16)(H,17,18)(H2,19,20,21);;;/q;+2;2*-1/t10?,12-;;;/m1.../s1. The van der Waals surface area contributed by atoms with E-state index < -0.39 is 37.5 Å². The zero-order valence-corrected chi connectivity index (χ0v) is 16.0. The van der Waals surface area contributed by atoms with Crippen LogP contribution in [0.4, 0.5) is 0 Å². The molecule has 0 aromatic heterocycles. The van der Waals surface area contributed by atoms with Gasteiger partial charge < -0.3 is 23.1 Å². The summed E-state index contributed by atoms with van der Waals surface area (Å²) in [5, 5.41) is 11.2. The number of carbonyl (C=O) groups excluding carboxylic acids is 1. The Morgan fingerprint density at radius 2 is 1.83 bits per heavy atom. The van der Waals surface area contributed by atoms with Crippen molar-refractivity contribution in [2.24, 2.45) is 11.8 Å². The average molecular weight is 371 g/mol. The molecule has 0 aliphatic rings. The van der Waals surface area contributed by atoms with E-state index in [0.29, 0.717) is 0 Å². The predicted octanol–water partition coefficient (Wildman–Crippen LogP) is 0.704. The summed E-state index contributed by atoms with van der Waals surface area (Å²) >= 11 is 0. The summed E-state index contributed by atoms with van der Waals surface area (Å²) in [5.74, 6) is -3.28. The molecular formula is C14H22CaNO6P. The van der Waals surface area contributed by atoms with E-state index in [0.717, 1.165) is 5.56 Å². The third kappa shape index (κ3) is 9.45. The van der Waals surface area contributed by atoms with E-state index in [4.69, 9.17) is 14.9 Å². The Balaban J connectivity index is -0.00000161. The Kier molecular flexibility index (Phi) is 10.2. The van der Waals surface area contributed by atoms with Crippen molar-refractivity contribution in [3.8, 4) is 0 Å². The largest absolute Gasteiger partial charge is 2.00 e. The quantitative estimate of drug-likeness (QED) is 0.394. The van der Waals surface area contributed by atoms with Crippen LogP contribution in [0.3, 0.4) is 0 Å². The van der Waals surface area contributed by atoms with E-state index in [1.54, 1.807) is 30.3 Å². The van der Waals surface area contributed by atoms with Gasteiger partial charge in [-0.15, -0.1) is 0 Å². The van der Waals surface area contributed by atoms with Crippen molar-refractivity contribution in [2.45, 2.75) is 13.3 Å². The van der Waals surface area contributed by atoms with Gasteiger partial charge in [0.25, 0.3) is 0 Å². The van der Waals surface area contributed by atoms with Crippen LogP contribution in [0.5, 0.6) is 0 Å². The van der Waals surface area contributed by atoms with Gasteiger partial charge in [0, 0.05) is 6.54 Å². The molecule has 9 heteroatoms. The summed E-state index contributed by atoms with van der Waals surface area (Å²) < 4.78 is 11.2. The molecule has 0 fully saturated rings. The zero-order chi connectivity index (χ0) is 16.8. The average Bonchev–Trinajstić information content (AvgIpc) is 2.43. The summed E-state index contributed by atoms with van der Waals surface area (Å²) in [6.07, 6.45) is -0.394. The third-order valence-corrected chi connectivity index (χ3v) is 4.07. The monoisotopic (exact) mass is 371 g/mol. The van der Waals surface area contributed by atoms with Crippen molar-refractivity contribution in [2.75, 3.05) is 12.7 Å². The van der Waals surface area contributed by atoms with Gasteiger partial charge in [-0.3, -0.25) is 14.2 Å². The Hall–Kier alpha value is -0.430. The molecule has 1 unspecified atom stereocenters. The van der Waals surface area contributed by atoms with Crippen LogP contribution in [0.1, 0.15) is 15.3 Å². The number of aliphatic carboxylic acids is 1. The molecule has 126 valence electrons. The van der Waals surface area contributed by atoms with Crippen molar-refractivity contribution < 1.29 is 31.9 Å². The fourth-order valence-electron chi connectivity index (χ4n) is 1.91. The van der Waals surface area contributed by atoms with Crippen LogP contribution in [0, 0.1) is 11.8 Å². The third-order valence-electron chi connectivity index (χ3n) is 3.16. The van der Waals surface area contributed by atoms with E-state index in [-0.39, 0.29) is 53.6 Å². The number of nitrogens with one attached hydrogen (secondary N) is 1. The molecule has 0 spiro atoms. The summed E-state index contributed by atoms with van der Waals surface area (Å²) in [7, 11) is -4.36. The molecule has 4 N–H and O–H groups in total. The van der Waals surface area contributed by atoms with Crippen molar-refractivity contribution >= 4 is 57.2 Å². The molecule has 2 atom stereocenters. The Morgan fingerprint density at radius 3 is 2.30 bits per heavy atom. The molecule has 1 aromatic carbocycles. The van der Waals surface area contributed by atoms with Crippen molar-refractivity contribution in [3.63, 3.8) is 0 Å². The van der Waals surface area contributed by atoms with Gasteiger partial charge in [0.15, 0.2) is 0 Å². The number of carboxylic acid groups (broad SMARTS) is 1. The van der Waals surface area contributed by atoms with Crippen LogP contribution in [0.15, 0.2) is 30.3 Å². The summed E-state index contributed by atoms with van der Waals surface area (Å²) in [5.41, 5.74) is 0.780. The van der Waals surface area contributed by atoms with Crippen LogP contribution in [0.25, 0.3) is 0 Å². The van der Waals surface area contributed by atoms with Gasteiger partial charge in [0.1, 0.15) is 0 Å². The van der Waals surface area contributed by atoms with E-state index in [9.17, 15) is 14.2 Å². The first-order valence-electron chi connectivity index (χ1n) is 6.78. The molecule has 0 aliphatic heterocycles. The Labute approximate surface area is 167 Å². The number of carboxylic acids is 1. The van der Waals surface area contributed by atoms with Crippen LogP contribution < -0.4 is 5.32 Å². The molecule has 0 radical (unpaired) electrons. The van der Waals surface area contributed by atoms with E-state index >= 15 is 0 Å². The smallest absolute Gasteiger partial charge is 1.00 e. The molecule has 1 aromatic rings. The molecule has 0 saturated heterocycles. The van der Waals surface area contributed by atoms with Gasteiger partial charge in [-0.05, 0) is 12.0 Å². The van der Waals surface area contributed by atoms with Crippen LogP contribution in [-0.2, 0) is 20.6 Å². The molecule has 1 amide bonds. The number of benzene rings is 1. The fraction of sp³-hybridized carbons (Fsp3) is 0.429. The summed E-state index contributed by atoms with van der Waals surface area (Å²) in [6.45, 7) is 1.36. The first-order chi connectivity index (χ1) is 10.2. The second kappa shape index (κ2) is 10.4.